The fourth-order valence-electron chi connectivity index (χ4n) is 3.94. The molecule has 2 atom stereocenters. The maximum atomic E-state index is 12.7. The second-order valence-corrected chi connectivity index (χ2v) is 7.50. The van der Waals surface area contributed by atoms with E-state index in [9.17, 15) is 4.79 Å². The molecule has 2 aromatic heterocycles. The molecule has 6 heteroatoms. The van der Waals surface area contributed by atoms with Crippen LogP contribution in [0.1, 0.15) is 33.8 Å². The van der Waals surface area contributed by atoms with E-state index in [1.165, 1.54) is 5.56 Å². The van der Waals surface area contributed by atoms with Gasteiger partial charge in [-0.15, -0.1) is 0 Å². The van der Waals surface area contributed by atoms with E-state index in [0.29, 0.717) is 12.0 Å². The number of fused-ring (bicyclic) bond motifs is 2. The summed E-state index contributed by atoms with van der Waals surface area (Å²) in [6.07, 6.45) is 1.13. The summed E-state index contributed by atoms with van der Waals surface area (Å²) in [4.78, 5) is 17.2. The summed E-state index contributed by atoms with van der Waals surface area (Å²) >= 11 is 1.58. The van der Waals surface area contributed by atoms with Crippen molar-refractivity contribution in [2.45, 2.75) is 32.9 Å². The van der Waals surface area contributed by atoms with Gasteiger partial charge in [0.15, 0.2) is 0 Å². The van der Waals surface area contributed by atoms with Gasteiger partial charge in [-0.2, -0.15) is 11.3 Å². The molecular weight excluding hydrogens is 310 g/mol. The Kier molecular flexibility index (Phi) is 3.73. The van der Waals surface area contributed by atoms with Gasteiger partial charge in [0.05, 0.1) is 11.3 Å². The second-order valence-electron chi connectivity index (χ2n) is 6.72. The van der Waals surface area contributed by atoms with Gasteiger partial charge in [-0.25, -0.2) is 0 Å². The van der Waals surface area contributed by atoms with E-state index in [1.54, 1.807) is 11.3 Å². The van der Waals surface area contributed by atoms with E-state index in [2.05, 4.69) is 15.0 Å². The highest BCUT2D eigenvalue weighted by atomic mass is 32.1. The summed E-state index contributed by atoms with van der Waals surface area (Å²) < 4.78 is 5.27. The summed E-state index contributed by atoms with van der Waals surface area (Å²) in [6, 6.07) is 2.26. The first-order valence-corrected chi connectivity index (χ1v) is 9.03. The van der Waals surface area contributed by atoms with Crippen LogP contribution in [-0.4, -0.2) is 46.5 Å². The molecule has 2 bridgehead atoms. The van der Waals surface area contributed by atoms with Crippen molar-refractivity contribution in [2.24, 2.45) is 5.92 Å². The highest BCUT2D eigenvalue weighted by Gasteiger charge is 2.41. The Bertz CT molecular complexity index is 690. The molecule has 23 heavy (non-hydrogen) atoms. The van der Waals surface area contributed by atoms with Crippen LogP contribution in [0.3, 0.4) is 0 Å². The Morgan fingerprint density at radius 2 is 2.26 bits per heavy atom. The number of likely N-dealkylation sites (tertiary alicyclic amines) is 2. The normalized spacial score (nSPS) is 24.3. The third kappa shape index (κ3) is 2.70. The standard InChI is InChI=1S/C17H21N3O2S/c1-11-16(12(2)22-18-11)9-19-6-13-5-15(8-19)20(7-13)17(21)14-3-4-23-10-14/h3-4,10,13,15H,5-9H2,1-2H3. The third-order valence-corrected chi connectivity index (χ3v) is 5.76. The van der Waals surface area contributed by atoms with Crippen molar-refractivity contribution >= 4 is 17.2 Å². The Balaban J connectivity index is 1.47. The van der Waals surface area contributed by atoms with Crippen LogP contribution in [-0.2, 0) is 6.54 Å². The highest BCUT2D eigenvalue weighted by molar-refractivity contribution is 7.08. The molecular formula is C17H21N3O2S. The van der Waals surface area contributed by atoms with Gasteiger partial charge in [0.25, 0.3) is 5.91 Å². The van der Waals surface area contributed by atoms with Crippen LogP contribution in [0, 0.1) is 19.8 Å². The number of piperidine rings is 1. The molecule has 0 radical (unpaired) electrons. The maximum absolute atomic E-state index is 12.7. The Hall–Kier alpha value is -1.66. The predicted molar refractivity (Wildman–Crippen MR) is 88.5 cm³/mol. The van der Waals surface area contributed by atoms with Gasteiger partial charge >= 0.3 is 0 Å². The average Bonchev–Trinajstić information content (AvgIpc) is 3.23. The van der Waals surface area contributed by atoms with Gasteiger partial charge in [-0.05, 0) is 37.6 Å². The van der Waals surface area contributed by atoms with Crippen molar-refractivity contribution < 1.29 is 9.32 Å². The SMILES string of the molecule is Cc1noc(C)c1CN1CC2CC(C1)N(C(=O)c1ccsc1)C2. The molecule has 2 fully saturated rings. The zero-order valence-electron chi connectivity index (χ0n) is 13.5. The summed E-state index contributed by atoms with van der Waals surface area (Å²) in [7, 11) is 0. The smallest absolute Gasteiger partial charge is 0.255 e. The summed E-state index contributed by atoms with van der Waals surface area (Å²) in [5.74, 6) is 1.68. The molecule has 0 spiro atoms. The van der Waals surface area contributed by atoms with Crippen LogP contribution in [0.25, 0.3) is 0 Å². The fraction of sp³-hybridized carbons (Fsp3) is 0.529. The van der Waals surface area contributed by atoms with Gasteiger partial charge in [0, 0.05) is 43.2 Å². The number of rotatable bonds is 3. The Labute approximate surface area is 139 Å². The first-order valence-electron chi connectivity index (χ1n) is 8.09. The number of thiophene rings is 1. The molecule has 0 aromatic carbocycles. The minimum atomic E-state index is 0.193. The highest BCUT2D eigenvalue weighted by Crippen LogP contribution is 2.32. The Morgan fingerprint density at radius 3 is 2.96 bits per heavy atom. The number of carbonyl (C=O) groups excluding carboxylic acids is 1. The van der Waals surface area contributed by atoms with E-state index in [0.717, 1.165) is 49.6 Å². The van der Waals surface area contributed by atoms with Crippen molar-refractivity contribution in [2.75, 3.05) is 19.6 Å². The molecule has 4 rings (SSSR count). The molecule has 2 aliphatic heterocycles. The van der Waals surface area contributed by atoms with Crippen molar-refractivity contribution in [1.82, 2.24) is 15.0 Å². The molecule has 0 N–H and O–H groups in total. The number of aromatic nitrogens is 1. The number of amides is 1. The first kappa shape index (κ1) is 14.9. The lowest BCUT2D eigenvalue weighted by Crippen LogP contribution is -2.43. The fourth-order valence-corrected chi connectivity index (χ4v) is 4.57. The van der Waals surface area contributed by atoms with E-state index in [-0.39, 0.29) is 5.91 Å². The van der Waals surface area contributed by atoms with E-state index in [1.807, 2.05) is 30.7 Å². The molecule has 1 amide bonds. The largest absolute Gasteiger partial charge is 0.361 e. The first-order chi connectivity index (χ1) is 11.1. The van der Waals surface area contributed by atoms with Gasteiger partial charge in [0.1, 0.15) is 5.76 Å². The van der Waals surface area contributed by atoms with E-state index >= 15 is 0 Å². The van der Waals surface area contributed by atoms with Crippen LogP contribution in [0.4, 0.5) is 0 Å². The van der Waals surface area contributed by atoms with Crippen molar-refractivity contribution in [3.63, 3.8) is 0 Å². The summed E-state index contributed by atoms with van der Waals surface area (Å²) in [5, 5.41) is 7.97. The van der Waals surface area contributed by atoms with Crippen LogP contribution in [0.15, 0.2) is 21.3 Å². The van der Waals surface area contributed by atoms with E-state index < -0.39 is 0 Å². The molecule has 0 saturated carbocycles. The van der Waals surface area contributed by atoms with Crippen molar-refractivity contribution in [3.05, 3.63) is 39.4 Å². The topological polar surface area (TPSA) is 49.6 Å². The van der Waals surface area contributed by atoms with Gasteiger partial charge < -0.3 is 9.42 Å². The van der Waals surface area contributed by atoms with Crippen LogP contribution >= 0.6 is 11.3 Å². The summed E-state index contributed by atoms with van der Waals surface area (Å²) in [5.41, 5.74) is 3.01. The number of carbonyl (C=O) groups is 1. The van der Waals surface area contributed by atoms with Crippen LogP contribution in [0.2, 0.25) is 0 Å². The molecule has 0 aliphatic carbocycles. The third-order valence-electron chi connectivity index (χ3n) is 5.08. The Morgan fingerprint density at radius 1 is 1.39 bits per heavy atom. The number of hydrogen-bond donors (Lipinski definition) is 0. The monoisotopic (exact) mass is 331 g/mol. The zero-order chi connectivity index (χ0) is 16.0. The minimum Gasteiger partial charge on any atom is -0.361 e. The zero-order valence-corrected chi connectivity index (χ0v) is 14.3. The number of hydrogen-bond acceptors (Lipinski definition) is 5. The van der Waals surface area contributed by atoms with Crippen molar-refractivity contribution in [1.29, 1.82) is 0 Å². The molecule has 4 heterocycles. The molecule has 5 nitrogen and oxygen atoms in total. The lowest BCUT2D eigenvalue weighted by Gasteiger charge is -2.32. The average molecular weight is 331 g/mol. The molecule has 2 unspecified atom stereocenters. The van der Waals surface area contributed by atoms with Gasteiger partial charge in [-0.3, -0.25) is 9.69 Å². The minimum absolute atomic E-state index is 0.193. The summed E-state index contributed by atoms with van der Waals surface area (Å²) in [6.45, 7) is 7.72. The van der Waals surface area contributed by atoms with Crippen LogP contribution < -0.4 is 0 Å². The second kappa shape index (κ2) is 5.76. The molecule has 2 aliphatic rings. The van der Waals surface area contributed by atoms with Gasteiger partial charge in [0.2, 0.25) is 0 Å². The number of nitrogens with zero attached hydrogens (tertiary/aromatic N) is 3. The van der Waals surface area contributed by atoms with Gasteiger partial charge in [-0.1, -0.05) is 5.16 Å². The van der Waals surface area contributed by atoms with E-state index in [4.69, 9.17) is 4.52 Å². The molecule has 2 saturated heterocycles. The van der Waals surface area contributed by atoms with Crippen molar-refractivity contribution in [3.8, 4) is 0 Å². The molecule has 122 valence electrons. The quantitative estimate of drug-likeness (QED) is 0.868. The number of aryl methyl sites for hydroxylation is 2. The lowest BCUT2D eigenvalue weighted by molar-refractivity contribution is 0.0712. The molecule has 2 aromatic rings. The van der Waals surface area contributed by atoms with Crippen LogP contribution in [0.5, 0.6) is 0 Å². The lowest BCUT2D eigenvalue weighted by atomic mass is 9.99. The predicted octanol–water partition coefficient (Wildman–Crippen LogP) is 2.70. The maximum Gasteiger partial charge on any atom is 0.255 e.